The summed E-state index contributed by atoms with van der Waals surface area (Å²) in [5.41, 5.74) is -1.38. The average molecular weight is 438 g/mol. The summed E-state index contributed by atoms with van der Waals surface area (Å²) in [6.07, 6.45) is -4.71. The van der Waals surface area contributed by atoms with Gasteiger partial charge in [0.1, 0.15) is 17.5 Å². The maximum atomic E-state index is 12.9. The highest BCUT2D eigenvalue weighted by Crippen LogP contribution is 2.35. The van der Waals surface area contributed by atoms with Crippen LogP contribution in [0.2, 0.25) is 0 Å². The summed E-state index contributed by atoms with van der Waals surface area (Å²) in [7, 11) is 0. The zero-order chi connectivity index (χ0) is 22.8. The third-order valence-corrected chi connectivity index (χ3v) is 5.08. The monoisotopic (exact) mass is 438 g/mol. The Labute approximate surface area is 176 Å². The van der Waals surface area contributed by atoms with Crippen molar-refractivity contribution in [2.75, 3.05) is 36.4 Å². The fourth-order valence-corrected chi connectivity index (χ4v) is 3.45. The highest BCUT2D eigenvalue weighted by Gasteiger charge is 2.34. The van der Waals surface area contributed by atoms with E-state index in [1.807, 2.05) is 4.90 Å². The molecule has 1 heterocycles. The van der Waals surface area contributed by atoms with Gasteiger partial charge in [0.15, 0.2) is 0 Å². The van der Waals surface area contributed by atoms with Gasteiger partial charge in [-0.3, -0.25) is 14.9 Å². The fourth-order valence-electron chi connectivity index (χ4n) is 3.45. The summed E-state index contributed by atoms with van der Waals surface area (Å²) in [5, 5.41) is 23.9. The number of halogens is 3. The van der Waals surface area contributed by atoms with E-state index in [2.05, 4.69) is 5.32 Å². The number of amides is 1. The number of phenols is 1. The fraction of sp³-hybridized carbons (Fsp3) is 0.350. The van der Waals surface area contributed by atoms with Crippen molar-refractivity contribution in [2.45, 2.75) is 19.1 Å². The van der Waals surface area contributed by atoms with Crippen LogP contribution < -0.4 is 10.2 Å². The van der Waals surface area contributed by atoms with Crippen LogP contribution in [0.3, 0.4) is 0 Å². The van der Waals surface area contributed by atoms with Crippen molar-refractivity contribution in [1.29, 1.82) is 0 Å². The van der Waals surface area contributed by atoms with Gasteiger partial charge in [-0.05, 0) is 31.2 Å². The molecule has 0 radical (unpaired) electrons. The second-order valence-electron chi connectivity index (χ2n) is 7.15. The maximum Gasteiger partial charge on any atom is 0.416 e. The van der Waals surface area contributed by atoms with Gasteiger partial charge < -0.3 is 20.2 Å². The zero-order valence-electron chi connectivity index (χ0n) is 16.6. The number of piperazine rings is 1. The summed E-state index contributed by atoms with van der Waals surface area (Å²) in [4.78, 5) is 26.6. The van der Waals surface area contributed by atoms with E-state index in [9.17, 15) is 33.2 Å². The van der Waals surface area contributed by atoms with Crippen LogP contribution in [0.4, 0.5) is 30.2 Å². The molecule has 1 atom stereocenters. The Kier molecular flexibility index (Phi) is 6.23. The van der Waals surface area contributed by atoms with Gasteiger partial charge in [-0.1, -0.05) is 12.1 Å². The topological polar surface area (TPSA) is 99.0 Å². The second-order valence-corrected chi connectivity index (χ2v) is 7.15. The number of alkyl halides is 3. The second kappa shape index (κ2) is 8.70. The number of carbonyl (C=O) groups excluding carboxylic acids is 1. The quantitative estimate of drug-likeness (QED) is 0.548. The van der Waals surface area contributed by atoms with E-state index in [4.69, 9.17) is 0 Å². The lowest BCUT2D eigenvalue weighted by molar-refractivity contribution is -0.384. The predicted octanol–water partition coefficient (Wildman–Crippen LogP) is 3.47. The lowest BCUT2D eigenvalue weighted by atomic mass is 10.1. The van der Waals surface area contributed by atoms with Crippen molar-refractivity contribution >= 4 is 23.0 Å². The van der Waals surface area contributed by atoms with Crippen molar-refractivity contribution in [3.8, 4) is 5.75 Å². The molecule has 31 heavy (non-hydrogen) atoms. The normalized spacial score (nSPS) is 15.5. The molecule has 2 aromatic rings. The van der Waals surface area contributed by atoms with Crippen LogP contribution in [0.1, 0.15) is 12.5 Å². The standard InChI is InChI=1S/C20H21F3N4O4/c1-13(24-15-7-6-14(20(21,22)23)12-17(15)27(30)31)19(29)26-10-8-25(9-11-26)16-4-2-3-5-18(16)28/h2-7,12-13,24,28H,8-11H2,1H3/t13-/m1/s1. The molecule has 1 aliphatic rings. The van der Waals surface area contributed by atoms with Crippen LogP contribution in [0, 0.1) is 10.1 Å². The molecule has 0 aromatic heterocycles. The third-order valence-electron chi connectivity index (χ3n) is 5.08. The number of nitro benzene ring substituents is 1. The summed E-state index contributed by atoms with van der Waals surface area (Å²) < 4.78 is 38.6. The molecule has 2 N–H and O–H groups in total. The largest absolute Gasteiger partial charge is 0.506 e. The van der Waals surface area contributed by atoms with Gasteiger partial charge in [0.2, 0.25) is 5.91 Å². The van der Waals surface area contributed by atoms with Crippen LogP contribution in [-0.4, -0.2) is 53.1 Å². The molecule has 1 saturated heterocycles. The Balaban J connectivity index is 1.66. The first-order valence-electron chi connectivity index (χ1n) is 9.52. The number of para-hydroxylation sites is 2. The number of aromatic hydroxyl groups is 1. The minimum atomic E-state index is -4.71. The Morgan fingerprint density at radius 3 is 2.39 bits per heavy atom. The van der Waals surface area contributed by atoms with E-state index < -0.39 is 28.4 Å². The minimum absolute atomic E-state index is 0.145. The van der Waals surface area contributed by atoms with Crippen molar-refractivity contribution in [3.05, 3.63) is 58.1 Å². The maximum absolute atomic E-state index is 12.9. The number of phenolic OH excluding ortho intramolecular Hbond substituents is 1. The van der Waals surface area contributed by atoms with Gasteiger partial charge in [-0.25, -0.2) is 0 Å². The van der Waals surface area contributed by atoms with Gasteiger partial charge >= 0.3 is 6.18 Å². The molecule has 0 aliphatic carbocycles. The SMILES string of the molecule is C[C@@H](Nc1ccc(C(F)(F)F)cc1[N+](=O)[O-])C(=O)N1CCN(c2ccccc2O)CC1. The summed E-state index contributed by atoms with van der Waals surface area (Å²) in [5.74, 6) is -0.182. The molecule has 3 rings (SSSR count). The first-order valence-corrected chi connectivity index (χ1v) is 9.52. The Hall–Kier alpha value is -3.50. The lowest BCUT2D eigenvalue weighted by Crippen LogP contribution is -2.52. The van der Waals surface area contributed by atoms with E-state index in [0.29, 0.717) is 37.9 Å². The molecule has 1 amide bonds. The van der Waals surface area contributed by atoms with Crippen LogP contribution in [-0.2, 0) is 11.0 Å². The minimum Gasteiger partial charge on any atom is -0.506 e. The van der Waals surface area contributed by atoms with Gasteiger partial charge in [0.25, 0.3) is 5.69 Å². The third kappa shape index (κ3) is 4.98. The van der Waals surface area contributed by atoms with Gasteiger partial charge in [-0.15, -0.1) is 0 Å². The van der Waals surface area contributed by atoms with E-state index in [0.717, 1.165) is 12.1 Å². The van der Waals surface area contributed by atoms with Gasteiger partial charge in [0, 0.05) is 32.2 Å². The molecule has 1 aliphatic heterocycles. The smallest absolute Gasteiger partial charge is 0.416 e. The Bertz CT molecular complexity index is 975. The van der Waals surface area contributed by atoms with Crippen molar-refractivity contribution in [2.24, 2.45) is 0 Å². The van der Waals surface area contributed by atoms with Crippen molar-refractivity contribution in [1.82, 2.24) is 4.90 Å². The van der Waals surface area contributed by atoms with E-state index in [-0.39, 0.29) is 17.3 Å². The molecule has 0 unspecified atom stereocenters. The summed E-state index contributed by atoms with van der Waals surface area (Å²) in [6.45, 7) is 3.20. The number of anilines is 2. The molecule has 8 nitrogen and oxygen atoms in total. The first kappa shape index (κ1) is 22.2. The molecular formula is C20H21F3N4O4. The molecule has 0 bridgehead atoms. The number of nitrogens with zero attached hydrogens (tertiary/aromatic N) is 3. The van der Waals surface area contributed by atoms with Crippen LogP contribution in [0.25, 0.3) is 0 Å². The first-order chi connectivity index (χ1) is 14.6. The summed E-state index contributed by atoms with van der Waals surface area (Å²) >= 11 is 0. The van der Waals surface area contributed by atoms with Gasteiger partial charge in [0.05, 0.1) is 16.2 Å². The van der Waals surface area contributed by atoms with Gasteiger partial charge in [-0.2, -0.15) is 13.2 Å². The zero-order valence-corrected chi connectivity index (χ0v) is 16.6. The number of hydrogen-bond acceptors (Lipinski definition) is 6. The van der Waals surface area contributed by atoms with E-state index >= 15 is 0 Å². The average Bonchev–Trinajstić information content (AvgIpc) is 2.73. The van der Waals surface area contributed by atoms with Crippen molar-refractivity contribution < 1.29 is 28.0 Å². The number of rotatable bonds is 5. The molecule has 166 valence electrons. The number of carbonyl (C=O) groups is 1. The van der Waals surface area contributed by atoms with E-state index in [1.54, 1.807) is 29.2 Å². The van der Waals surface area contributed by atoms with Crippen LogP contribution in [0.5, 0.6) is 5.75 Å². The highest BCUT2D eigenvalue weighted by molar-refractivity contribution is 5.85. The molecule has 1 fully saturated rings. The van der Waals surface area contributed by atoms with E-state index in [1.165, 1.54) is 6.92 Å². The molecule has 0 spiro atoms. The van der Waals surface area contributed by atoms with Crippen molar-refractivity contribution in [3.63, 3.8) is 0 Å². The molecule has 11 heteroatoms. The molecular weight excluding hydrogens is 417 g/mol. The van der Waals surface area contributed by atoms with Crippen LogP contribution in [0.15, 0.2) is 42.5 Å². The Morgan fingerprint density at radius 1 is 1.16 bits per heavy atom. The molecule has 2 aromatic carbocycles. The summed E-state index contributed by atoms with van der Waals surface area (Å²) in [6, 6.07) is 8.13. The number of nitrogens with one attached hydrogen (secondary N) is 1. The lowest BCUT2D eigenvalue weighted by Gasteiger charge is -2.37. The van der Waals surface area contributed by atoms with Crippen LogP contribution >= 0.6 is 0 Å². The number of nitro groups is 1. The number of hydrogen-bond donors (Lipinski definition) is 2. The molecule has 0 saturated carbocycles. The number of benzene rings is 2. The Morgan fingerprint density at radius 2 is 1.81 bits per heavy atom. The predicted molar refractivity (Wildman–Crippen MR) is 108 cm³/mol. The highest BCUT2D eigenvalue weighted by atomic mass is 19.4.